The van der Waals surface area contributed by atoms with Crippen LogP contribution in [0.4, 0.5) is 14.6 Å². The molecule has 5 rings (SSSR count). The summed E-state index contributed by atoms with van der Waals surface area (Å²) in [5.74, 6) is -0.245. The fourth-order valence-electron chi connectivity index (χ4n) is 3.60. The third-order valence-electron chi connectivity index (χ3n) is 5.12. The highest BCUT2D eigenvalue weighted by molar-refractivity contribution is 7.15. The summed E-state index contributed by atoms with van der Waals surface area (Å²) in [6, 6.07) is 8.89. The zero-order chi connectivity index (χ0) is 21.4. The number of aryl methyl sites for hydroxylation is 1. The van der Waals surface area contributed by atoms with Gasteiger partial charge >= 0.3 is 0 Å². The molecule has 8 heteroatoms. The number of aromatic nitrogens is 3. The quantitative estimate of drug-likeness (QED) is 0.448. The molecule has 0 radical (unpaired) electrons. The first kappa shape index (κ1) is 19.6. The Balaban J connectivity index is 1.47. The predicted molar refractivity (Wildman–Crippen MR) is 116 cm³/mol. The van der Waals surface area contributed by atoms with E-state index >= 15 is 0 Å². The Morgan fingerprint density at radius 1 is 1.13 bits per heavy atom. The number of pyridine rings is 2. The second-order valence-electron chi connectivity index (χ2n) is 7.10. The van der Waals surface area contributed by atoms with Gasteiger partial charge in [-0.05, 0) is 36.8 Å². The Kier molecular flexibility index (Phi) is 5.07. The number of thiazole rings is 1. The van der Waals surface area contributed by atoms with E-state index < -0.39 is 17.7 Å². The summed E-state index contributed by atoms with van der Waals surface area (Å²) in [5, 5.41) is 3.99. The fraction of sp³-hybridized carbons (Fsp3) is 0.174. The molecule has 5 nitrogen and oxygen atoms in total. The van der Waals surface area contributed by atoms with Crippen LogP contribution in [-0.2, 0) is 6.42 Å². The molecule has 1 atom stereocenters. The van der Waals surface area contributed by atoms with Crippen molar-refractivity contribution in [1.82, 2.24) is 15.0 Å². The highest BCUT2D eigenvalue weighted by Gasteiger charge is 2.27. The fourth-order valence-corrected chi connectivity index (χ4v) is 4.61. The van der Waals surface area contributed by atoms with Gasteiger partial charge in [-0.2, -0.15) is 0 Å². The molecule has 0 saturated heterocycles. The van der Waals surface area contributed by atoms with Crippen LogP contribution in [0.3, 0.4) is 0 Å². The molecule has 0 fully saturated rings. The van der Waals surface area contributed by atoms with Crippen LogP contribution in [0, 0.1) is 11.6 Å². The minimum Gasteiger partial charge on any atom is -0.487 e. The maximum absolute atomic E-state index is 14.2. The van der Waals surface area contributed by atoms with Crippen molar-refractivity contribution < 1.29 is 13.5 Å². The Labute approximate surface area is 181 Å². The molecule has 1 aromatic carbocycles. The number of hydrogen-bond donors (Lipinski definition) is 1. The van der Waals surface area contributed by atoms with E-state index in [1.54, 1.807) is 29.9 Å². The third kappa shape index (κ3) is 3.63. The second-order valence-corrected chi connectivity index (χ2v) is 8.18. The monoisotopic (exact) mass is 436 g/mol. The first-order valence-corrected chi connectivity index (χ1v) is 10.7. The number of fused-ring (bicyclic) bond motifs is 1. The Morgan fingerprint density at radius 2 is 1.97 bits per heavy atom. The predicted octanol–water partition coefficient (Wildman–Crippen LogP) is 5.65. The minimum atomic E-state index is -0.658. The van der Waals surface area contributed by atoms with Crippen LogP contribution in [0.5, 0.6) is 5.75 Å². The molecule has 0 saturated carbocycles. The zero-order valence-corrected chi connectivity index (χ0v) is 17.4. The van der Waals surface area contributed by atoms with Crippen molar-refractivity contribution in [3.63, 3.8) is 0 Å². The number of anilines is 1. The number of nitrogens with one attached hydrogen (secondary N) is 1. The van der Waals surface area contributed by atoms with Crippen LogP contribution in [-0.4, -0.2) is 21.6 Å². The zero-order valence-electron chi connectivity index (χ0n) is 16.6. The lowest BCUT2D eigenvalue weighted by atomic mass is 10.0. The van der Waals surface area contributed by atoms with E-state index in [4.69, 9.17) is 9.72 Å². The molecule has 0 bridgehead atoms. The van der Waals surface area contributed by atoms with Crippen molar-refractivity contribution in [2.45, 2.75) is 19.4 Å². The highest BCUT2D eigenvalue weighted by atomic mass is 32.1. The lowest BCUT2D eigenvalue weighted by Gasteiger charge is -2.27. The minimum absolute atomic E-state index is 0.0482. The number of halogens is 2. The normalized spacial score (nSPS) is 15.1. The van der Waals surface area contributed by atoms with Crippen molar-refractivity contribution in [2.75, 3.05) is 11.9 Å². The molecule has 4 aromatic rings. The number of benzene rings is 1. The molecule has 0 aliphatic carbocycles. The summed E-state index contributed by atoms with van der Waals surface area (Å²) in [7, 11) is 0. The van der Waals surface area contributed by atoms with Gasteiger partial charge in [-0.15, -0.1) is 11.3 Å². The smallest absolute Gasteiger partial charge is 0.169 e. The van der Waals surface area contributed by atoms with Crippen LogP contribution < -0.4 is 10.1 Å². The van der Waals surface area contributed by atoms with Gasteiger partial charge in [0.1, 0.15) is 23.2 Å². The van der Waals surface area contributed by atoms with E-state index in [0.717, 1.165) is 33.1 Å². The highest BCUT2D eigenvalue weighted by Crippen LogP contribution is 2.39. The molecule has 0 amide bonds. The molecule has 1 aliphatic heterocycles. The van der Waals surface area contributed by atoms with Crippen LogP contribution in [0.2, 0.25) is 0 Å². The third-order valence-corrected chi connectivity index (χ3v) is 6.37. The Bertz CT molecular complexity index is 1230. The van der Waals surface area contributed by atoms with E-state index in [-0.39, 0.29) is 12.2 Å². The van der Waals surface area contributed by atoms with Gasteiger partial charge in [-0.3, -0.25) is 4.98 Å². The summed E-state index contributed by atoms with van der Waals surface area (Å²) < 4.78 is 34.1. The molecule has 0 spiro atoms. The first-order chi connectivity index (χ1) is 15.1. The molecule has 1 unspecified atom stereocenters. The van der Waals surface area contributed by atoms with Crippen molar-refractivity contribution in [3.05, 3.63) is 77.1 Å². The van der Waals surface area contributed by atoms with Crippen LogP contribution >= 0.6 is 11.3 Å². The van der Waals surface area contributed by atoms with E-state index in [2.05, 4.69) is 22.2 Å². The van der Waals surface area contributed by atoms with Crippen molar-refractivity contribution >= 4 is 17.2 Å². The Hall–Kier alpha value is -3.39. The molecule has 1 N–H and O–H groups in total. The van der Waals surface area contributed by atoms with Gasteiger partial charge in [-0.1, -0.05) is 13.0 Å². The first-order valence-electron chi connectivity index (χ1n) is 9.87. The average Bonchev–Trinajstić information content (AvgIpc) is 3.24. The van der Waals surface area contributed by atoms with Crippen LogP contribution in [0.15, 0.2) is 55.0 Å². The summed E-state index contributed by atoms with van der Waals surface area (Å²) in [4.78, 5) is 14.6. The van der Waals surface area contributed by atoms with Crippen LogP contribution in [0.25, 0.3) is 21.8 Å². The maximum atomic E-state index is 14.2. The summed E-state index contributed by atoms with van der Waals surface area (Å²) >= 11 is 1.63. The van der Waals surface area contributed by atoms with E-state index in [9.17, 15) is 8.78 Å². The maximum Gasteiger partial charge on any atom is 0.169 e. The molecule has 3 aromatic heterocycles. The van der Waals surface area contributed by atoms with Gasteiger partial charge < -0.3 is 10.1 Å². The lowest BCUT2D eigenvalue weighted by molar-refractivity contribution is 0.279. The summed E-state index contributed by atoms with van der Waals surface area (Å²) in [6.45, 7) is 2.18. The average molecular weight is 436 g/mol. The van der Waals surface area contributed by atoms with Gasteiger partial charge in [0.05, 0.1) is 11.7 Å². The molecule has 4 heterocycles. The number of nitrogens with zero attached hydrogens (tertiary/aromatic N) is 3. The largest absolute Gasteiger partial charge is 0.487 e. The van der Waals surface area contributed by atoms with E-state index in [1.165, 1.54) is 18.2 Å². The molecule has 1 aliphatic rings. The van der Waals surface area contributed by atoms with Crippen LogP contribution in [0.1, 0.15) is 23.4 Å². The lowest BCUT2D eigenvalue weighted by Crippen LogP contribution is -2.26. The van der Waals surface area contributed by atoms with E-state index in [0.29, 0.717) is 11.6 Å². The van der Waals surface area contributed by atoms with Gasteiger partial charge in [-0.25, -0.2) is 18.7 Å². The van der Waals surface area contributed by atoms with Gasteiger partial charge in [0.15, 0.2) is 11.6 Å². The topological polar surface area (TPSA) is 59.9 Å². The number of rotatable bonds is 4. The molecule has 156 valence electrons. The van der Waals surface area contributed by atoms with Crippen molar-refractivity contribution in [1.29, 1.82) is 0 Å². The molecular formula is C23H18F2N4OS. The van der Waals surface area contributed by atoms with Crippen molar-refractivity contribution in [3.8, 4) is 27.6 Å². The second kappa shape index (κ2) is 8.03. The van der Waals surface area contributed by atoms with E-state index in [1.807, 2.05) is 18.2 Å². The summed E-state index contributed by atoms with van der Waals surface area (Å²) in [6.07, 6.45) is 6.06. The molecular weight excluding hydrogens is 418 g/mol. The van der Waals surface area contributed by atoms with Crippen molar-refractivity contribution in [2.24, 2.45) is 0 Å². The van der Waals surface area contributed by atoms with Gasteiger partial charge in [0.25, 0.3) is 0 Å². The SMILES string of the molecule is CCc1sc(-c2cccnc2)nc1-c1cnc2c(c1)OCC(c1c(F)cccc1F)N2. The van der Waals surface area contributed by atoms with Gasteiger partial charge in [0.2, 0.25) is 0 Å². The number of ether oxygens (including phenoxy) is 1. The molecule has 31 heavy (non-hydrogen) atoms. The van der Waals surface area contributed by atoms with Gasteiger partial charge in [0, 0.05) is 40.2 Å². The standard InChI is InChI=1S/C23H18F2N4OS/c1-2-19-21(29-23(31-19)13-5-4-8-26-10-13)14-9-18-22(27-11-14)28-17(12-30-18)20-15(24)6-3-7-16(20)25/h3-11,17H,2,12H2,1H3,(H,27,28). The Morgan fingerprint density at radius 3 is 2.71 bits per heavy atom. The number of hydrogen-bond acceptors (Lipinski definition) is 6. The summed E-state index contributed by atoms with van der Waals surface area (Å²) in [5.41, 5.74) is 2.60.